The summed E-state index contributed by atoms with van der Waals surface area (Å²) >= 11 is 0. The SMILES string of the molecule is CCOc1cc(OC)c2c(=O)c(OC)c(-c3ccc(OC)cc3)oc2c1. The van der Waals surface area contributed by atoms with Gasteiger partial charge in [0.15, 0.2) is 5.76 Å². The second kappa shape index (κ2) is 7.39. The Morgan fingerprint density at radius 3 is 2.23 bits per heavy atom. The van der Waals surface area contributed by atoms with Crippen LogP contribution in [0.3, 0.4) is 0 Å². The molecule has 2 aromatic carbocycles. The van der Waals surface area contributed by atoms with Gasteiger partial charge in [0.1, 0.15) is 28.2 Å². The molecule has 26 heavy (non-hydrogen) atoms. The van der Waals surface area contributed by atoms with Crippen molar-refractivity contribution in [3.8, 4) is 34.3 Å². The minimum Gasteiger partial charge on any atom is -0.497 e. The van der Waals surface area contributed by atoms with E-state index in [-0.39, 0.29) is 11.2 Å². The second-order valence-corrected chi connectivity index (χ2v) is 5.45. The van der Waals surface area contributed by atoms with Crippen LogP contribution in [0.5, 0.6) is 23.0 Å². The van der Waals surface area contributed by atoms with Crippen molar-refractivity contribution in [2.75, 3.05) is 27.9 Å². The van der Waals surface area contributed by atoms with Gasteiger partial charge in [-0.2, -0.15) is 0 Å². The van der Waals surface area contributed by atoms with Crippen LogP contribution in [0.15, 0.2) is 45.6 Å². The van der Waals surface area contributed by atoms with Crippen molar-refractivity contribution in [2.45, 2.75) is 6.92 Å². The summed E-state index contributed by atoms with van der Waals surface area (Å²) in [6, 6.07) is 10.5. The maximum atomic E-state index is 13.0. The smallest absolute Gasteiger partial charge is 0.239 e. The molecular formula is C20H20O6. The van der Waals surface area contributed by atoms with Gasteiger partial charge in [0.05, 0.1) is 27.9 Å². The minimum atomic E-state index is -0.306. The second-order valence-electron chi connectivity index (χ2n) is 5.45. The van der Waals surface area contributed by atoms with Crippen LogP contribution in [-0.4, -0.2) is 27.9 Å². The molecule has 0 fully saturated rings. The number of fused-ring (bicyclic) bond motifs is 1. The monoisotopic (exact) mass is 356 g/mol. The Hall–Kier alpha value is -3.15. The first-order valence-corrected chi connectivity index (χ1v) is 8.13. The van der Waals surface area contributed by atoms with Gasteiger partial charge in [0.2, 0.25) is 11.2 Å². The van der Waals surface area contributed by atoms with Crippen LogP contribution in [0, 0.1) is 0 Å². The lowest BCUT2D eigenvalue weighted by Gasteiger charge is -2.13. The summed E-state index contributed by atoms with van der Waals surface area (Å²) in [6.07, 6.45) is 0. The fourth-order valence-corrected chi connectivity index (χ4v) is 2.77. The van der Waals surface area contributed by atoms with Crippen LogP contribution in [0.25, 0.3) is 22.3 Å². The van der Waals surface area contributed by atoms with E-state index in [1.165, 1.54) is 14.2 Å². The lowest BCUT2D eigenvalue weighted by Crippen LogP contribution is -2.09. The van der Waals surface area contributed by atoms with Crippen molar-refractivity contribution in [3.63, 3.8) is 0 Å². The summed E-state index contributed by atoms with van der Waals surface area (Å²) < 4.78 is 27.4. The Morgan fingerprint density at radius 2 is 1.65 bits per heavy atom. The van der Waals surface area contributed by atoms with Gasteiger partial charge in [0, 0.05) is 17.7 Å². The summed E-state index contributed by atoms with van der Waals surface area (Å²) in [5.74, 6) is 2.09. The number of hydrogen-bond donors (Lipinski definition) is 0. The van der Waals surface area contributed by atoms with E-state index in [4.69, 9.17) is 23.4 Å². The molecule has 0 amide bonds. The van der Waals surface area contributed by atoms with Crippen molar-refractivity contribution < 1.29 is 23.4 Å². The molecule has 0 aliphatic heterocycles. The Morgan fingerprint density at radius 1 is 0.923 bits per heavy atom. The number of methoxy groups -OCH3 is 3. The number of rotatable bonds is 6. The molecule has 0 aliphatic carbocycles. The predicted octanol–water partition coefficient (Wildman–Crippen LogP) is 3.88. The normalized spacial score (nSPS) is 10.6. The van der Waals surface area contributed by atoms with E-state index in [1.54, 1.807) is 43.5 Å². The van der Waals surface area contributed by atoms with Crippen LogP contribution in [-0.2, 0) is 0 Å². The Bertz CT molecular complexity index is 972. The van der Waals surface area contributed by atoms with Crippen LogP contribution >= 0.6 is 0 Å². The third-order valence-corrected chi connectivity index (χ3v) is 3.98. The summed E-state index contributed by atoms with van der Waals surface area (Å²) in [5.41, 5.74) is 0.756. The maximum absolute atomic E-state index is 13.0. The van der Waals surface area contributed by atoms with Gasteiger partial charge in [0.25, 0.3) is 0 Å². The molecule has 0 aliphatic rings. The van der Waals surface area contributed by atoms with Gasteiger partial charge in [-0.05, 0) is 31.2 Å². The van der Waals surface area contributed by atoms with Crippen molar-refractivity contribution in [2.24, 2.45) is 0 Å². The Kier molecular flexibility index (Phi) is 5.02. The largest absolute Gasteiger partial charge is 0.497 e. The predicted molar refractivity (Wildman–Crippen MR) is 98.7 cm³/mol. The van der Waals surface area contributed by atoms with E-state index in [0.717, 1.165) is 0 Å². The molecule has 0 bridgehead atoms. The van der Waals surface area contributed by atoms with Crippen molar-refractivity contribution in [1.82, 2.24) is 0 Å². The quantitative estimate of drug-likeness (QED) is 0.668. The highest BCUT2D eigenvalue weighted by molar-refractivity contribution is 5.88. The highest BCUT2D eigenvalue weighted by Crippen LogP contribution is 2.36. The molecule has 0 saturated heterocycles. The average molecular weight is 356 g/mol. The minimum absolute atomic E-state index is 0.116. The van der Waals surface area contributed by atoms with Crippen LogP contribution in [0.1, 0.15) is 6.92 Å². The highest BCUT2D eigenvalue weighted by atomic mass is 16.5. The van der Waals surface area contributed by atoms with Gasteiger partial charge < -0.3 is 23.4 Å². The molecule has 0 N–H and O–H groups in total. The molecule has 0 spiro atoms. The summed E-state index contributed by atoms with van der Waals surface area (Å²) in [7, 11) is 4.52. The molecule has 136 valence electrons. The molecular weight excluding hydrogens is 336 g/mol. The zero-order valence-electron chi connectivity index (χ0n) is 15.1. The average Bonchev–Trinajstić information content (AvgIpc) is 2.67. The van der Waals surface area contributed by atoms with E-state index in [2.05, 4.69) is 0 Å². The summed E-state index contributed by atoms with van der Waals surface area (Å²) in [4.78, 5) is 13.0. The number of hydrogen-bond acceptors (Lipinski definition) is 6. The first-order chi connectivity index (χ1) is 12.6. The number of benzene rings is 2. The van der Waals surface area contributed by atoms with E-state index in [9.17, 15) is 4.79 Å². The van der Waals surface area contributed by atoms with Gasteiger partial charge >= 0.3 is 0 Å². The van der Waals surface area contributed by atoms with Gasteiger partial charge in [-0.25, -0.2) is 0 Å². The molecule has 0 unspecified atom stereocenters. The van der Waals surface area contributed by atoms with Crippen LogP contribution < -0.4 is 24.4 Å². The molecule has 0 atom stereocenters. The van der Waals surface area contributed by atoms with Gasteiger partial charge in [-0.1, -0.05) is 0 Å². The summed E-state index contributed by atoms with van der Waals surface area (Å²) in [6.45, 7) is 2.37. The van der Waals surface area contributed by atoms with E-state index in [1.807, 2.05) is 6.92 Å². The Balaban J connectivity index is 2.30. The zero-order chi connectivity index (χ0) is 18.7. The molecule has 3 rings (SSSR count). The van der Waals surface area contributed by atoms with Gasteiger partial charge in [-0.3, -0.25) is 4.79 Å². The first-order valence-electron chi connectivity index (χ1n) is 8.13. The fourth-order valence-electron chi connectivity index (χ4n) is 2.77. The van der Waals surface area contributed by atoms with Crippen molar-refractivity contribution >= 4 is 11.0 Å². The number of ether oxygens (including phenoxy) is 4. The zero-order valence-corrected chi connectivity index (χ0v) is 15.1. The lowest BCUT2D eigenvalue weighted by molar-refractivity contribution is 0.336. The maximum Gasteiger partial charge on any atom is 0.239 e. The molecule has 6 nitrogen and oxygen atoms in total. The lowest BCUT2D eigenvalue weighted by atomic mass is 10.1. The Labute approximate surface area is 150 Å². The molecule has 6 heteroatoms. The van der Waals surface area contributed by atoms with Gasteiger partial charge in [-0.15, -0.1) is 0 Å². The van der Waals surface area contributed by atoms with E-state index >= 15 is 0 Å². The third-order valence-electron chi connectivity index (χ3n) is 3.98. The topological polar surface area (TPSA) is 67.1 Å². The van der Waals surface area contributed by atoms with E-state index in [0.29, 0.717) is 46.1 Å². The molecule has 1 heterocycles. The van der Waals surface area contributed by atoms with Crippen molar-refractivity contribution in [3.05, 3.63) is 46.6 Å². The molecule has 0 radical (unpaired) electrons. The standard InChI is InChI=1S/C20H20O6/c1-5-25-14-10-15(23-3)17-16(11-14)26-19(20(24-4)18(17)21)12-6-8-13(22-2)9-7-12/h6-11H,5H2,1-4H3. The van der Waals surface area contributed by atoms with E-state index < -0.39 is 0 Å². The molecule has 1 aromatic heterocycles. The van der Waals surface area contributed by atoms with Crippen LogP contribution in [0.4, 0.5) is 0 Å². The summed E-state index contributed by atoms with van der Waals surface area (Å²) in [5, 5.41) is 0.310. The van der Waals surface area contributed by atoms with Crippen molar-refractivity contribution in [1.29, 1.82) is 0 Å². The molecule has 3 aromatic rings. The first kappa shape index (κ1) is 17.7. The highest BCUT2D eigenvalue weighted by Gasteiger charge is 2.20. The third kappa shape index (κ3) is 3.06. The molecule has 0 saturated carbocycles. The fraction of sp³-hybridized carbons (Fsp3) is 0.250. The van der Waals surface area contributed by atoms with Crippen LogP contribution in [0.2, 0.25) is 0 Å².